The summed E-state index contributed by atoms with van der Waals surface area (Å²) in [6.07, 6.45) is 0. The van der Waals surface area contributed by atoms with Crippen LogP contribution in [0.4, 0.5) is 0 Å². The van der Waals surface area contributed by atoms with Crippen LogP contribution in [0.2, 0.25) is 0 Å². The topological polar surface area (TPSA) is 0 Å². The predicted octanol–water partition coefficient (Wildman–Crippen LogP) is 14.8. The second kappa shape index (κ2) is 11.1. The van der Waals surface area contributed by atoms with E-state index >= 15 is 0 Å². The summed E-state index contributed by atoms with van der Waals surface area (Å²) in [5.41, 5.74) is 18.8. The Morgan fingerprint density at radius 2 is 0.759 bits per heavy atom. The molecule has 0 atom stereocenters. The summed E-state index contributed by atoms with van der Waals surface area (Å²) in [4.78, 5) is 0. The molecule has 0 unspecified atom stereocenters. The Morgan fingerprint density at radius 3 is 1.43 bits per heavy atom. The molecule has 0 saturated carbocycles. The van der Waals surface area contributed by atoms with Crippen molar-refractivity contribution in [3.8, 4) is 55.6 Å². The van der Waals surface area contributed by atoms with E-state index in [1.165, 1.54) is 110 Å². The van der Waals surface area contributed by atoms with Gasteiger partial charge in [-0.1, -0.05) is 179 Å². The van der Waals surface area contributed by atoms with Crippen LogP contribution in [-0.4, -0.2) is 0 Å². The maximum absolute atomic E-state index is 2.48. The van der Waals surface area contributed by atoms with Gasteiger partial charge in [0.15, 0.2) is 0 Å². The summed E-state index contributed by atoms with van der Waals surface area (Å²) in [5.74, 6) is 0. The third kappa shape index (κ3) is 4.26. The number of fused-ring (bicyclic) bond motifs is 10. The van der Waals surface area contributed by atoms with E-state index in [9.17, 15) is 0 Å². The molecule has 0 radical (unpaired) electrons. The van der Waals surface area contributed by atoms with Crippen molar-refractivity contribution in [2.24, 2.45) is 0 Å². The molecule has 0 spiro atoms. The van der Waals surface area contributed by atoms with E-state index in [-0.39, 0.29) is 10.8 Å². The van der Waals surface area contributed by atoms with Crippen molar-refractivity contribution in [1.82, 2.24) is 0 Å². The molecule has 9 aromatic rings. The van der Waals surface area contributed by atoms with Crippen molar-refractivity contribution in [3.05, 3.63) is 192 Å². The molecule has 0 bridgehead atoms. The number of benzene rings is 9. The fourth-order valence-corrected chi connectivity index (χ4v) is 10.1. The molecule has 0 heteroatoms. The summed E-state index contributed by atoms with van der Waals surface area (Å²) in [5, 5.41) is 7.64. The van der Waals surface area contributed by atoms with Crippen LogP contribution in [-0.2, 0) is 10.8 Å². The Labute approximate surface area is 317 Å². The van der Waals surface area contributed by atoms with Gasteiger partial charge < -0.3 is 0 Å². The Kier molecular flexibility index (Phi) is 6.46. The largest absolute Gasteiger partial charge is 0.0619 e. The molecule has 0 aromatic heterocycles. The third-order valence-electron chi connectivity index (χ3n) is 12.8. The van der Waals surface area contributed by atoms with Gasteiger partial charge in [0, 0.05) is 10.8 Å². The van der Waals surface area contributed by atoms with Crippen LogP contribution in [0.15, 0.2) is 170 Å². The molecule has 0 saturated heterocycles. The van der Waals surface area contributed by atoms with Crippen LogP contribution in [0.25, 0.3) is 88.0 Å². The van der Waals surface area contributed by atoms with Gasteiger partial charge in [-0.2, -0.15) is 0 Å². The van der Waals surface area contributed by atoms with Gasteiger partial charge >= 0.3 is 0 Å². The molecule has 0 fully saturated rings. The normalized spacial score (nSPS) is 14.6. The highest BCUT2D eigenvalue weighted by Gasteiger charge is 2.43. The van der Waals surface area contributed by atoms with Crippen LogP contribution >= 0.6 is 0 Å². The average Bonchev–Trinajstić information content (AvgIpc) is 3.59. The molecule has 0 aliphatic heterocycles. The van der Waals surface area contributed by atoms with Crippen LogP contribution < -0.4 is 0 Å². The van der Waals surface area contributed by atoms with Crippen molar-refractivity contribution >= 4 is 32.3 Å². The minimum atomic E-state index is -0.111. The van der Waals surface area contributed by atoms with E-state index in [1.54, 1.807) is 0 Å². The molecule has 256 valence electrons. The quantitative estimate of drug-likeness (QED) is 0.162. The summed E-state index contributed by atoms with van der Waals surface area (Å²) in [7, 11) is 0. The van der Waals surface area contributed by atoms with Gasteiger partial charge in [0.2, 0.25) is 0 Å². The number of hydrogen-bond donors (Lipinski definition) is 0. The van der Waals surface area contributed by atoms with Crippen LogP contribution in [0.5, 0.6) is 0 Å². The van der Waals surface area contributed by atoms with Crippen molar-refractivity contribution in [3.63, 3.8) is 0 Å². The van der Waals surface area contributed by atoms with Gasteiger partial charge in [-0.25, -0.2) is 0 Å². The van der Waals surface area contributed by atoms with Gasteiger partial charge in [0.25, 0.3) is 0 Å². The molecule has 2 aliphatic rings. The monoisotopic (exact) mass is 688 g/mol. The van der Waals surface area contributed by atoms with Crippen LogP contribution in [0.1, 0.15) is 49.9 Å². The minimum absolute atomic E-state index is 0.0176. The van der Waals surface area contributed by atoms with E-state index in [0.717, 1.165) is 0 Å². The van der Waals surface area contributed by atoms with E-state index in [2.05, 4.69) is 198 Å². The number of rotatable bonds is 3. The highest BCUT2D eigenvalue weighted by Crippen LogP contribution is 2.59. The summed E-state index contributed by atoms with van der Waals surface area (Å²) in [6, 6.07) is 63.8. The molecule has 0 heterocycles. The zero-order chi connectivity index (χ0) is 36.3. The lowest BCUT2D eigenvalue weighted by molar-refractivity contribution is 0.651. The number of hydrogen-bond acceptors (Lipinski definition) is 0. The average molecular weight is 689 g/mol. The zero-order valence-electron chi connectivity index (χ0n) is 31.2. The molecule has 9 aromatic carbocycles. The first-order valence-corrected chi connectivity index (χ1v) is 19.3. The first-order chi connectivity index (χ1) is 26.3. The fourth-order valence-electron chi connectivity index (χ4n) is 10.1. The lowest BCUT2D eigenvalue weighted by atomic mass is 9.79. The van der Waals surface area contributed by atoms with Crippen molar-refractivity contribution in [1.29, 1.82) is 0 Å². The van der Waals surface area contributed by atoms with E-state index < -0.39 is 0 Å². The van der Waals surface area contributed by atoms with Gasteiger partial charge in [-0.15, -0.1) is 0 Å². The zero-order valence-corrected chi connectivity index (χ0v) is 31.2. The Bertz CT molecular complexity index is 2990. The predicted molar refractivity (Wildman–Crippen MR) is 230 cm³/mol. The Balaban J connectivity index is 1.08. The van der Waals surface area contributed by atoms with Gasteiger partial charge in [-0.05, 0) is 128 Å². The molecular weight excluding hydrogens is 649 g/mol. The second-order valence-corrected chi connectivity index (χ2v) is 16.5. The van der Waals surface area contributed by atoms with Crippen LogP contribution in [0.3, 0.4) is 0 Å². The standard InChI is InChI=1S/C54H40/c1-53(2)45-23-12-11-22-43(45)51-46(53)28-29-47-52(51)44-27-26-36(32-48(44)54(47,3)4)35-16-13-17-37(31-35)49-39-18-7-9-20-41(39)50(42-21-10-8-19-40(42)49)38-25-24-33-14-5-6-15-34(33)30-38/h5-32H,1-4H3. The van der Waals surface area contributed by atoms with E-state index in [4.69, 9.17) is 0 Å². The summed E-state index contributed by atoms with van der Waals surface area (Å²) < 4.78 is 0. The Hall–Kier alpha value is -6.24. The molecular formula is C54H40. The summed E-state index contributed by atoms with van der Waals surface area (Å²) in [6.45, 7) is 9.58. The lowest BCUT2D eigenvalue weighted by Crippen LogP contribution is -2.17. The van der Waals surface area contributed by atoms with Gasteiger partial charge in [0.1, 0.15) is 0 Å². The van der Waals surface area contributed by atoms with Gasteiger partial charge in [-0.3, -0.25) is 0 Å². The van der Waals surface area contributed by atoms with Gasteiger partial charge in [0.05, 0.1) is 0 Å². The fraction of sp³-hybridized carbons (Fsp3) is 0.111. The highest BCUT2D eigenvalue weighted by atomic mass is 14.5. The maximum Gasteiger partial charge on any atom is 0.0159 e. The third-order valence-corrected chi connectivity index (χ3v) is 12.8. The lowest BCUT2D eigenvalue weighted by Gasteiger charge is -2.24. The highest BCUT2D eigenvalue weighted by molar-refractivity contribution is 6.22. The SMILES string of the molecule is CC1(C)c2ccccc2-c2c1ccc1c2-c2ccc(-c3cccc(-c4c5ccccc5c(-c5ccc6ccccc6c5)c5ccccc45)c3)cc2C1(C)C. The van der Waals surface area contributed by atoms with Crippen LogP contribution in [0, 0.1) is 0 Å². The van der Waals surface area contributed by atoms with Crippen molar-refractivity contribution < 1.29 is 0 Å². The molecule has 0 amide bonds. The maximum atomic E-state index is 2.48. The van der Waals surface area contributed by atoms with Crippen molar-refractivity contribution in [2.45, 2.75) is 38.5 Å². The first-order valence-electron chi connectivity index (χ1n) is 19.3. The molecule has 54 heavy (non-hydrogen) atoms. The summed E-state index contributed by atoms with van der Waals surface area (Å²) >= 11 is 0. The molecule has 11 rings (SSSR count). The minimum Gasteiger partial charge on any atom is -0.0619 e. The smallest absolute Gasteiger partial charge is 0.0159 e. The molecule has 0 nitrogen and oxygen atoms in total. The Morgan fingerprint density at radius 1 is 0.278 bits per heavy atom. The van der Waals surface area contributed by atoms with Crippen molar-refractivity contribution in [2.75, 3.05) is 0 Å². The molecule has 0 N–H and O–H groups in total. The second-order valence-electron chi connectivity index (χ2n) is 16.5. The first kappa shape index (κ1) is 31.3. The van der Waals surface area contributed by atoms with E-state index in [0.29, 0.717) is 0 Å². The molecule has 2 aliphatic carbocycles. The van der Waals surface area contributed by atoms with E-state index in [1.807, 2.05) is 0 Å².